The van der Waals surface area contributed by atoms with Crippen LogP contribution in [-0.4, -0.2) is 48.0 Å². The van der Waals surface area contributed by atoms with Gasteiger partial charge in [0.25, 0.3) is 0 Å². The average molecular weight is 240 g/mol. The molecule has 2 aliphatic rings. The molecule has 1 saturated carbocycles. The summed E-state index contributed by atoms with van der Waals surface area (Å²) in [6.45, 7) is 1.95. The molecule has 4 N–H and O–H groups in total. The molecule has 1 amide bonds. The lowest BCUT2D eigenvalue weighted by Crippen LogP contribution is -2.50. The van der Waals surface area contributed by atoms with Crippen molar-refractivity contribution in [3.8, 4) is 0 Å². The number of carbonyl (C=O) groups excluding carboxylic acids is 1. The van der Waals surface area contributed by atoms with Gasteiger partial charge in [-0.1, -0.05) is 5.16 Å². The number of rotatable bonds is 3. The molecule has 0 spiro atoms. The van der Waals surface area contributed by atoms with E-state index in [4.69, 9.17) is 10.9 Å². The van der Waals surface area contributed by atoms with E-state index in [0.29, 0.717) is 12.8 Å². The number of carbonyl (C=O) groups is 1. The average Bonchev–Trinajstić information content (AvgIpc) is 3.09. The predicted octanol–water partition coefficient (Wildman–Crippen LogP) is -0.277. The number of piperidine rings is 1. The largest absolute Gasteiger partial charge is 0.409 e. The number of likely N-dealkylation sites (N-methyl/N-ethyl adjacent to an activating group) is 1. The second kappa shape index (κ2) is 4.52. The Balaban J connectivity index is 1.93. The minimum absolute atomic E-state index is 0.0409. The van der Waals surface area contributed by atoms with Gasteiger partial charge in [0, 0.05) is 12.6 Å². The summed E-state index contributed by atoms with van der Waals surface area (Å²) < 4.78 is 0. The molecular weight excluding hydrogens is 220 g/mol. The van der Waals surface area contributed by atoms with E-state index in [1.807, 2.05) is 0 Å². The van der Waals surface area contributed by atoms with Crippen molar-refractivity contribution < 1.29 is 10.0 Å². The van der Waals surface area contributed by atoms with Gasteiger partial charge in [-0.3, -0.25) is 4.79 Å². The Hall–Kier alpha value is -1.30. The molecule has 1 saturated heterocycles. The Morgan fingerprint density at radius 1 is 1.59 bits per heavy atom. The van der Waals surface area contributed by atoms with Crippen molar-refractivity contribution in [1.29, 1.82) is 0 Å². The van der Waals surface area contributed by atoms with Gasteiger partial charge >= 0.3 is 0 Å². The fraction of sp³-hybridized carbons (Fsp3) is 0.818. The van der Waals surface area contributed by atoms with E-state index in [9.17, 15) is 4.79 Å². The second-order valence-corrected chi connectivity index (χ2v) is 5.14. The molecule has 2 fully saturated rings. The minimum Gasteiger partial charge on any atom is -0.409 e. The maximum absolute atomic E-state index is 12.1. The molecule has 0 aromatic rings. The highest BCUT2D eigenvalue weighted by Gasteiger charge is 2.54. The van der Waals surface area contributed by atoms with Gasteiger partial charge < -0.3 is 21.2 Å². The van der Waals surface area contributed by atoms with Crippen LogP contribution in [0.2, 0.25) is 0 Å². The van der Waals surface area contributed by atoms with Gasteiger partial charge in [0.1, 0.15) is 5.41 Å². The number of amides is 1. The first-order valence-electron chi connectivity index (χ1n) is 6.06. The molecule has 1 aliphatic carbocycles. The summed E-state index contributed by atoms with van der Waals surface area (Å²) in [7, 11) is 2.05. The van der Waals surface area contributed by atoms with E-state index in [-0.39, 0.29) is 17.8 Å². The molecule has 0 aromatic carbocycles. The third kappa shape index (κ3) is 2.36. The monoisotopic (exact) mass is 240 g/mol. The van der Waals surface area contributed by atoms with Crippen LogP contribution in [0, 0.1) is 5.41 Å². The SMILES string of the molecule is CN1CCCC(NC(=O)C2(C(N)=NO)CC2)C1. The van der Waals surface area contributed by atoms with Gasteiger partial charge in [0.2, 0.25) is 5.91 Å². The molecule has 96 valence electrons. The van der Waals surface area contributed by atoms with Gasteiger partial charge in [-0.2, -0.15) is 0 Å². The number of amidine groups is 1. The number of nitrogens with zero attached hydrogens (tertiary/aromatic N) is 2. The van der Waals surface area contributed by atoms with E-state index < -0.39 is 5.41 Å². The molecule has 0 aromatic heterocycles. The summed E-state index contributed by atoms with van der Waals surface area (Å²) >= 11 is 0. The minimum atomic E-state index is -0.731. The van der Waals surface area contributed by atoms with Gasteiger partial charge in [-0.05, 0) is 39.3 Å². The second-order valence-electron chi connectivity index (χ2n) is 5.14. The van der Waals surface area contributed by atoms with Crippen LogP contribution in [0.3, 0.4) is 0 Å². The van der Waals surface area contributed by atoms with E-state index in [2.05, 4.69) is 22.4 Å². The van der Waals surface area contributed by atoms with Crippen molar-refractivity contribution in [2.75, 3.05) is 20.1 Å². The molecule has 0 bridgehead atoms. The highest BCUT2D eigenvalue weighted by molar-refractivity contribution is 6.09. The van der Waals surface area contributed by atoms with Gasteiger partial charge in [-0.15, -0.1) is 0 Å². The Labute approximate surface area is 101 Å². The van der Waals surface area contributed by atoms with Crippen LogP contribution < -0.4 is 11.1 Å². The third-order valence-corrected chi connectivity index (χ3v) is 3.74. The van der Waals surface area contributed by atoms with Crippen LogP contribution in [0.25, 0.3) is 0 Å². The summed E-state index contributed by atoms with van der Waals surface area (Å²) in [6, 6.07) is 0.185. The van der Waals surface area contributed by atoms with Crippen molar-refractivity contribution in [2.45, 2.75) is 31.7 Å². The molecule has 17 heavy (non-hydrogen) atoms. The lowest BCUT2D eigenvalue weighted by atomic mass is 10.0. The zero-order valence-corrected chi connectivity index (χ0v) is 10.1. The normalized spacial score (nSPS) is 28.8. The van der Waals surface area contributed by atoms with Crippen LogP contribution >= 0.6 is 0 Å². The first-order valence-corrected chi connectivity index (χ1v) is 6.06. The fourth-order valence-corrected chi connectivity index (χ4v) is 2.43. The molecule has 1 unspecified atom stereocenters. The maximum atomic E-state index is 12.1. The van der Waals surface area contributed by atoms with E-state index in [1.165, 1.54) is 0 Å². The highest BCUT2D eigenvalue weighted by atomic mass is 16.4. The Morgan fingerprint density at radius 2 is 2.29 bits per heavy atom. The zero-order chi connectivity index (χ0) is 12.5. The van der Waals surface area contributed by atoms with Crippen molar-refractivity contribution in [2.24, 2.45) is 16.3 Å². The molecular formula is C11H20N4O2. The fourth-order valence-electron chi connectivity index (χ4n) is 2.43. The summed E-state index contributed by atoms with van der Waals surface area (Å²) in [4.78, 5) is 14.3. The van der Waals surface area contributed by atoms with Crippen LogP contribution in [0.5, 0.6) is 0 Å². The smallest absolute Gasteiger partial charge is 0.234 e. The zero-order valence-electron chi connectivity index (χ0n) is 10.1. The number of oxime groups is 1. The molecule has 1 heterocycles. The van der Waals surface area contributed by atoms with Gasteiger partial charge in [0.05, 0.1) is 0 Å². The van der Waals surface area contributed by atoms with Crippen molar-refractivity contribution in [3.63, 3.8) is 0 Å². The molecule has 0 radical (unpaired) electrons. The molecule has 6 heteroatoms. The lowest BCUT2D eigenvalue weighted by Gasteiger charge is -2.31. The summed E-state index contributed by atoms with van der Waals surface area (Å²) in [5, 5.41) is 14.7. The van der Waals surface area contributed by atoms with Crippen molar-refractivity contribution >= 4 is 11.7 Å². The molecule has 1 atom stereocenters. The van der Waals surface area contributed by atoms with Gasteiger partial charge in [-0.25, -0.2) is 0 Å². The number of likely N-dealkylation sites (tertiary alicyclic amines) is 1. The standard InChI is InChI=1S/C11H20N4O2/c1-15-6-2-3-8(7-15)13-10(16)11(4-5-11)9(12)14-17/h8,17H,2-7H2,1H3,(H2,12,14)(H,13,16). The Bertz CT molecular complexity index is 338. The Kier molecular flexibility index (Phi) is 3.24. The first-order chi connectivity index (χ1) is 8.08. The summed E-state index contributed by atoms with van der Waals surface area (Å²) in [6.07, 6.45) is 3.45. The van der Waals surface area contributed by atoms with Crippen molar-refractivity contribution in [3.05, 3.63) is 0 Å². The summed E-state index contributed by atoms with van der Waals surface area (Å²) in [5.41, 5.74) is 4.84. The summed E-state index contributed by atoms with van der Waals surface area (Å²) in [5.74, 6) is -0.0488. The highest BCUT2D eigenvalue weighted by Crippen LogP contribution is 2.46. The van der Waals surface area contributed by atoms with E-state index in [1.54, 1.807) is 0 Å². The lowest BCUT2D eigenvalue weighted by molar-refractivity contribution is -0.125. The van der Waals surface area contributed by atoms with Crippen molar-refractivity contribution in [1.82, 2.24) is 10.2 Å². The van der Waals surface area contributed by atoms with Crippen LogP contribution in [0.15, 0.2) is 5.16 Å². The molecule has 1 aliphatic heterocycles. The number of hydrogen-bond donors (Lipinski definition) is 3. The molecule has 6 nitrogen and oxygen atoms in total. The topological polar surface area (TPSA) is 91.0 Å². The number of nitrogens with one attached hydrogen (secondary N) is 1. The number of hydrogen-bond acceptors (Lipinski definition) is 4. The van der Waals surface area contributed by atoms with Crippen LogP contribution in [0.1, 0.15) is 25.7 Å². The third-order valence-electron chi connectivity index (χ3n) is 3.74. The van der Waals surface area contributed by atoms with Gasteiger partial charge in [0.15, 0.2) is 5.84 Å². The predicted molar refractivity (Wildman–Crippen MR) is 63.7 cm³/mol. The number of nitrogens with two attached hydrogens (primary N) is 1. The van der Waals surface area contributed by atoms with E-state index >= 15 is 0 Å². The molecule has 2 rings (SSSR count). The Morgan fingerprint density at radius 3 is 2.82 bits per heavy atom. The maximum Gasteiger partial charge on any atom is 0.234 e. The van der Waals surface area contributed by atoms with Crippen LogP contribution in [-0.2, 0) is 4.79 Å². The van der Waals surface area contributed by atoms with Crippen LogP contribution in [0.4, 0.5) is 0 Å². The quantitative estimate of drug-likeness (QED) is 0.274. The van der Waals surface area contributed by atoms with E-state index in [0.717, 1.165) is 25.9 Å². The first kappa shape index (κ1) is 12.2.